The van der Waals surface area contributed by atoms with Crippen molar-refractivity contribution in [3.8, 4) is 11.3 Å². The summed E-state index contributed by atoms with van der Waals surface area (Å²) in [6.45, 7) is 2.19. The number of amides is 1. The van der Waals surface area contributed by atoms with E-state index in [2.05, 4.69) is 32.6 Å². The Balaban J connectivity index is 1.51. The van der Waals surface area contributed by atoms with Crippen LogP contribution in [0.2, 0.25) is 5.02 Å². The summed E-state index contributed by atoms with van der Waals surface area (Å²) in [5.74, 6) is 0.640. The molecule has 0 atom stereocenters. The summed E-state index contributed by atoms with van der Waals surface area (Å²) in [6.07, 6.45) is 6.54. The van der Waals surface area contributed by atoms with Crippen molar-refractivity contribution in [3.63, 3.8) is 0 Å². The maximum atomic E-state index is 12.5. The van der Waals surface area contributed by atoms with Gasteiger partial charge in [0.25, 0.3) is 0 Å². The van der Waals surface area contributed by atoms with Gasteiger partial charge in [0.1, 0.15) is 5.82 Å². The van der Waals surface area contributed by atoms with Crippen LogP contribution in [0.25, 0.3) is 11.3 Å². The molecule has 0 unspecified atom stereocenters. The zero-order chi connectivity index (χ0) is 18.9. The molecular weight excluding hydrogens is 362 g/mol. The molecule has 0 saturated heterocycles. The van der Waals surface area contributed by atoms with Crippen LogP contribution >= 0.6 is 11.6 Å². The van der Waals surface area contributed by atoms with Crippen molar-refractivity contribution in [2.24, 2.45) is 0 Å². The number of aromatic amines is 1. The first-order chi connectivity index (χ1) is 13.0. The molecule has 1 amide bonds. The predicted octanol–water partition coefficient (Wildman–Crippen LogP) is 4.14. The van der Waals surface area contributed by atoms with Crippen LogP contribution in [0.15, 0.2) is 42.7 Å². The van der Waals surface area contributed by atoms with Crippen LogP contribution in [0.4, 0.5) is 5.82 Å². The molecule has 0 radical (unpaired) electrons. The van der Waals surface area contributed by atoms with Gasteiger partial charge >= 0.3 is 0 Å². The van der Waals surface area contributed by atoms with Crippen molar-refractivity contribution in [1.82, 2.24) is 20.4 Å². The smallest absolute Gasteiger partial charge is 0.225 e. The third kappa shape index (κ3) is 3.85. The number of aromatic nitrogens is 4. The molecule has 0 bridgehead atoms. The monoisotopic (exact) mass is 381 g/mol. The zero-order valence-corrected chi connectivity index (χ0v) is 15.8. The quantitative estimate of drug-likeness (QED) is 0.672. The van der Waals surface area contributed by atoms with Gasteiger partial charge in [-0.3, -0.25) is 9.89 Å². The van der Waals surface area contributed by atoms with Crippen LogP contribution in [0.3, 0.4) is 0 Å². The highest BCUT2D eigenvalue weighted by atomic mass is 35.5. The molecule has 7 heteroatoms. The molecule has 1 fully saturated rings. The lowest BCUT2D eigenvalue weighted by Gasteiger charge is -2.13. The molecule has 1 saturated carbocycles. The Hall–Kier alpha value is -2.73. The molecule has 1 aliphatic carbocycles. The molecule has 6 nitrogen and oxygen atoms in total. The number of aryl methyl sites for hydroxylation is 1. The predicted molar refractivity (Wildman–Crippen MR) is 105 cm³/mol. The fourth-order valence-corrected chi connectivity index (χ4v) is 3.33. The average Bonchev–Trinajstić information content (AvgIpc) is 3.28. The Morgan fingerprint density at radius 2 is 2.00 bits per heavy atom. The molecule has 3 aromatic rings. The second-order valence-corrected chi connectivity index (χ2v) is 7.63. The summed E-state index contributed by atoms with van der Waals surface area (Å²) in [4.78, 5) is 12.5. The van der Waals surface area contributed by atoms with Gasteiger partial charge in [0, 0.05) is 22.6 Å². The van der Waals surface area contributed by atoms with Crippen molar-refractivity contribution < 1.29 is 4.79 Å². The van der Waals surface area contributed by atoms with Crippen LogP contribution in [0.5, 0.6) is 0 Å². The van der Waals surface area contributed by atoms with Gasteiger partial charge in [-0.2, -0.15) is 15.3 Å². The number of hydrogen-bond donors (Lipinski definition) is 2. The molecule has 1 aromatic carbocycles. The summed E-state index contributed by atoms with van der Waals surface area (Å²) >= 11 is 5.90. The Labute approximate surface area is 162 Å². The molecule has 138 valence electrons. The number of halogens is 1. The highest BCUT2D eigenvalue weighted by molar-refractivity contribution is 6.30. The highest BCUT2D eigenvalue weighted by Crippen LogP contribution is 2.52. The van der Waals surface area contributed by atoms with Gasteiger partial charge in [0.15, 0.2) is 0 Å². The van der Waals surface area contributed by atoms with Gasteiger partial charge in [-0.25, -0.2) is 0 Å². The normalized spacial score (nSPS) is 14.7. The molecule has 0 aliphatic heterocycles. The molecule has 2 N–H and O–H groups in total. The van der Waals surface area contributed by atoms with Crippen molar-refractivity contribution in [2.45, 2.75) is 38.0 Å². The van der Waals surface area contributed by atoms with Crippen LogP contribution in [-0.4, -0.2) is 26.3 Å². The van der Waals surface area contributed by atoms with E-state index in [1.165, 1.54) is 0 Å². The lowest BCUT2D eigenvalue weighted by Crippen LogP contribution is -2.15. The van der Waals surface area contributed by atoms with E-state index in [1.807, 2.05) is 30.3 Å². The number of nitrogens with zero attached hydrogens (tertiary/aromatic N) is 3. The lowest BCUT2D eigenvalue weighted by atomic mass is 9.95. The van der Waals surface area contributed by atoms with Gasteiger partial charge in [0.2, 0.25) is 5.91 Å². The molecule has 2 heterocycles. The van der Waals surface area contributed by atoms with E-state index in [4.69, 9.17) is 11.6 Å². The number of carbonyl (C=O) groups is 1. The first kappa shape index (κ1) is 17.7. The minimum atomic E-state index is -0.0431. The molecule has 1 aliphatic rings. The molecule has 0 spiro atoms. The van der Waals surface area contributed by atoms with Crippen LogP contribution in [0.1, 0.15) is 37.3 Å². The summed E-state index contributed by atoms with van der Waals surface area (Å²) in [5.41, 5.74) is 3.89. The number of rotatable bonds is 6. The molecule has 27 heavy (non-hydrogen) atoms. The number of nitrogens with one attached hydrogen (secondary N) is 2. The van der Waals surface area contributed by atoms with Crippen molar-refractivity contribution in [1.29, 1.82) is 0 Å². The van der Waals surface area contributed by atoms with Crippen molar-refractivity contribution >= 4 is 23.3 Å². The summed E-state index contributed by atoms with van der Waals surface area (Å²) in [6, 6.07) is 9.44. The van der Waals surface area contributed by atoms with E-state index >= 15 is 0 Å². The Bertz CT molecular complexity index is 948. The van der Waals surface area contributed by atoms with E-state index in [0.717, 1.165) is 35.2 Å². The van der Waals surface area contributed by atoms with Gasteiger partial charge in [-0.15, -0.1) is 0 Å². The standard InChI is InChI=1S/C20H20ClN5O/c1-20(9-10-20)17-18(14-8-11-22-23-12-14)25-26-19(17)24-16(27)7-4-13-2-5-15(21)6-3-13/h2-3,5-6,8,11-12H,4,7,9-10H2,1H3,(H2,24,25,26,27). The summed E-state index contributed by atoms with van der Waals surface area (Å²) in [5, 5.41) is 18.9. The van der Waals surface area contributed by atoms with Crippen molar-refractivity contribution in [3.05, 3.63) is 58.9 Å². The maximum absolute atomic E-state index is 12.5. The minimum absolute atomic E-state index is 0.0321. The second kappa shape index (κ2) is 7.12. The van der Waals surface area contributed by atoms with Gasteiger partial charge in [-0.05, 0) is 48.4 Å². The first-order valence-electron chi connectivity index (χ1n) is 8.95. The number of benzene rings is 1. The van der Waals surface area contributed by atoms with Crippen LogP contribution in [0, 0.1) is 0 Å². The third-order valence-electron chi connectivity index (χ3n) is 5.05. The van der Waals surface area contributed by atoms with Crippen LogP contribution < -0.4 is 5.32 Å². The Kier molecular flexibility index (Phi) is 4.66. The molecular formula is C20H20ClN5O. The van der Waals surface area contributed by atoms with E-state index in [9.17, 15) is 4.79 Å². The molecule has 2 aromatic heterocycles. The fourth-order valence-electron chi connectivity index (χ4n) is 3.21. The number of anilines is 1. The maximum Gasteiger partial charge on any atom is 0.225 e. The van der Waals surface area contributed by atoms with Gasteiger partial charge < -0.3 is 5.32 Å². The average molecular weight is 382 g/mol. The SMILES string of the molecule is CC1(c2c(-c3ccnnc3)n[nH]c2NC(=O)CCc2ccc(Cl)cc2)CC1. The lowest BCUT2D eigenvalue weighted by molar-refractivity contribution is -0.116. The van der Waals surface area contributed by atoms with E-state index < -0.39 is 0 Å². The van der Waals surface area contributed by atoms with E-state index in [-0.39, 0.29) is 11.3 Å². The largest absolute Gasteiger partial charge is 0.311 e. The number of H-pyrrole nitrogens is 1. The fraction of sp³-hybridized carbons (Fsp3) is 0.300. The van der Waals surface area contributed by atoms with Gasteiger partial charge in [-0.1, -0.05) is 30.7 Å². The van der Waals surface area contributed by atoms with Crippen LogP contribution in [-0.2, 0) is 16.6 Å². The number of carbonyl (C=O) groups excluding carboxylic acids is 1. The Morgan fingerprint density at radius 3 is 2.67 bits per heavy atom. The topological polar surface area (TPSA) is 83.6 Å². The van der Waals surface area contributed by atoms with E-state index in [0.29, 0.717) is 23.7 Å². The second-order valence-electron chi connectivity index (χ2n) is 7.19. The Morgan fingerprint density at radius 1 is 1.22 bits per heavy atom. The highest BCUT2D eigenvalue weighted by Gasteiger charge is 2.44. The van der Waals surface area contributed by atoms with Crippen molar-refractivity contribution in [2.75, 3.05) is 5.32 Å². The van der Waals surface area contributed by atoms with Gasteiger partial charge in [0.05, 0.1) is 18.1 Å². The summed E-state index contributed by atoms with van der Waals surface area (Å²) < 4.78 is 0. The molecule has 4 rings (SSSR count). The van der Waals surface area contributed by atoms with E-state index in [1.54, 1.807) is 12.4 Å². The zero-order valence-electron chi connectivity index (χ0n) is 15.0. The third-order valence-corrected chi connectivity index (χ3v) is 5.30. The summed E-state index contributed by atoms with van der Waals surface area (Å²) in [7, 11) is 0. The first-order valence-corrected chi connectivity index (χ1v) is 9.33. The minimum Gasteiger partial charge on any atom is -0.311 e. The number of hydrogen-bond acceptors (Lipinski definition) is 4.